The Kier molecular flexibility index (Phi) is 21.3. The van der Waals surface area contributed by atoms with Gasteiger partial charge in [-0.1, -0.05) is 33.6 Å². The fraction of sp³-hybridized carbons (Fsp3) is 0.812. The van der Waals surface area contributed by atoms with Gasteiger partial charge in [0.1, 0.15) is 0 Å². The van der Waals surface area contributed by atoms with Crippen LogP contribution in [0, 0.1) is 18.8 Å². The number of carboxylic acid groups (broad SMARTS) is 2. The first-order chi connectivity index (χ1) is 12.5. The van der Waals surface area contributed by atoms with Gasteiger partial charge in [-0.05, 0) is 24.1 Å². The quantitative estimate of drug-likeness (QED) is 0.154. The molecule has 5 unspecified atom stereocenters. The van der Waals surface area contributed by atoms with E-state index in [0.29, 0.717) is 12.3 Å². The second kappa shape index (κ2) is 18.6. The second-order valence-corrected chi connectivity index (χ2v) is 6.60. The van der Waals surface area contributed by atoms with E-state index in [0.717, 1.165) is 19.5 Å². The van der Waals surface area contributed by atoms with E-state index in [1.165, 1.54) is 6.42 Å². The monoisotopic (exact) mass is 607 g/mol. The van der Waals surface area contributed by atoms with E-state index in [1.54, 1.807) is 0 Å². The van der Waals surface area contributed by atoms with Gasteiger partial charge in [0.05, 0.1) is 12.3 Å². The van der Waals surface area contributed by atoms with Gasteiger partial charge < -0.3 is 32.7 Å². The van der Waals surface area contributed by atoms with Crippen LogP contribution in [0.25, 0.3) is 5.73 Å². The molecule has 1 fully saturated rings. The Morgan fingerprint density at radius 3 is 1.89 bits per heavy atom. The summed E-state index contributed by atoms with van der Waals surface area (Å²) in [6.45, 7) is 11.0. The minimum atomic E-state index is -3.04. The van der Waals surface area contributed by atoms with Crippen LogP contribution in [0.15, 0.2) is 0 Å². The maximum absolute atomic E-state index is 11.1. The van der Waals surface area contributed by atoms with Gasteiger partial charge in [0.25, 0.3) is 0 Å². The van der Waals surface area contributed by atoms with Crippen molar-refractivity contribution in [2.45, 2.75) is 58.5 Å². The Morgan fingerprint density at radius 1 is 1.32 bits per heavy atom. The summed E-state index contributed by atoms with van der Waals surface area (Å²) in [7, 11) is -3.04. The summed E-state index contributed by atoms with van der Waals surface area (Å²) in [5.74, 6) is -2.47. The van der Waals surface area contributed by atoms with E-state index >= 15 is 0 Å². The number of rotatable bonds is 9. The van der Waals surface area contributed by atoms with Crippen LogP contribution < -0.4 is 4.89 Å². The first-order valence-corrected chi connectivity index (χ1v) is 9.83. The Hall–Kier alpha value is -0.472. The molecular weight excluding hydrogens is 574 g/mol. The number of hydrogen-bond acceptors (Lipinski definition) is 7. The Labute approximate surface area is 183 Å². The molecule has 4 N–H and O–H groups in total. The third kappa shape index (κ3) is 14.5. The van der Waals surface area contributed by atoms with Crippen molar-refractivity contribution in [3.8, 4) is 0 Å². The van der Waals surface area contributed by atoms with E-state index in [9.17, 15) is 9.59 Å². The van der Waals surface area contributed by atoms with Crippen molar-refractivity contribution in [1.82, 2.24) is 4.90 Å². The van der Waals surface area contributed by atoms with E-state index in [2.05, 4.69) is 11.6 Å². The standard InChI is InChI=1S/C11H21NO4.C5H9N.HO4P.Pt.H2/c1-4-9(12(5-2)6-3)8(11(15)16)7-10(13)14;1-4-2-3-5(4)6;1-4-5(2)3;;/h8-9H,4-7H2,1-3H3,(H,13,14)(H,15,16);4-6H,1-3H2;1H;;1H/q;-2;;+2;. The first kappa shape index (κ1) is 32.2. The van der Waals surface area contributed by atoms with Crippen LogP contribution in [0.1, 0.15) is 47.9 Å². The van der Waals surface area contributed by atoms with Gasteiger partial charge in [-0.2, -0.15) is 12.0 Å². The summed E-state index contributed by atoms with van der Waals surface area (Å²) >= 11 is 0. The molecular formula is C16H33N2O8PPt. The minimum Gasteiger partial charge on any atom is -0.677 e. The van der Waals surface area contributed by atoms with Crippen LogP contribution >= 0.6 is 8.25 Å². The van der Waals surface area contributed by atoms with Crippen molar-refractivity contribution in [1.29, 1.82) is 0 Å². The molecule has 0 radical (unpaired) electrons. The smallest absolute Gasteiger partial charge is 0.677 e. The Bertz CT molecular complexity index is 453. The normalized spacial score (nSPS) is 20.1. The largest absolute Gasteiger partial charge is 2.00 e. The molecule has 0 heterocycles. The molecule has 12 heteroatoms. The summed E-state index contributed by atoms with van der Waals surface area (Å²) in [5, 5.41) is 24.8. The number of hydrogen-bond donors (Lipinski definition) is 3. The first-order valence-electron chi connectivity index (χ1n) is 8.74. The predicted octanol–water partition coefficient (Wildman–Crippen LogP) is 2.67. The van der Waals surface area contributed by atoms with Gasteiger partial charge in [0.2, 0.25) is 0 Å². The van der Waals surface area contributed by atoms with Gasteiger partial charge >= 0.3 is 41.3 Å². The summed E-state index contributed by atoms with van der Waals surface area (Å²) in [6, 6.07) is -0.0337. The van der Waals surface area contributed by atoms with Gasteiger partial charge in [-0.25, -0.2) is 5.26 Å². The van der Waals surface area contributed by atoms with Crippen molar-refractivity contribution >= 4 is 20.2 Å². The maximum Gasteiger partial charge on any atom is 2.00 e. The molecule has 28 heavy (non-hydrogen) atoms. The van der Waals surface area contributed by atoms with Gasteiger partial charge in [-0.3, -0.25) is 9.59 Å². The molecule has 1 aliphatic rings. The molecule has 10 nitrogen and oxygen atoms in total. The zero-order valence-electron chi connectivity index (χ0n) is 16.4. The predicted molar refractivity (Wildman–Crippen MR) is 100 cm³/mol. The Morgan fingerprint density at radius 2 is 1.75 bits per heavy atom. The van der Waals surface area contributed by atoms with Crippen LogP contribution in [0.2, 0.25) is 0 Å². The van der Waals surface area contributed by atoms with Crippen LogP contribution in [0.3, 0.4) is 0 Å². The number of carboxylic acids is 2. The van der Waals surface area contributed by atoms with Crippen LogP contribution in [-0.4, -0.2) is 57.5 Å². The SMILES string of the molecule is CCC(C(CC(=O)O)C(=O)O)N(CC)CC.O=[P+]([O-])OO.[CH2-]C1CCC1[NH-].[HH].[Pt+2]. The summed E-state index contributed by atoms with van der Waals surface area (Å²) in [5.41, 5.74) is 7.06. The molecule has 1 rings (SSSR count). The molecule has 0 aromatic rings. The van der Waals surface area contributed by atoms with E-state index in [1.807, 2.05) is 25.7 Å². The molecule has 5 atom stereocenters. The molecule has 0 saturated heterocycles. The zero-order chi connectivity index (χ0) is 21.6. The van der Waals surface area contributed by atoms with E-state index in [4.69, 9.17) is 30.7 Å². The molecule has 0 bridgehead atoms. The molecule has 1 aliphatic carbocycles. The summed E-state index contributed by atoms with van der Waals surface area (Å²) in [6.07, 6.45) is 2.58. The van der Waals surface area contributed by atoms with Crippen molar-refractivity contribution in [3.63, 3.8) is 0 Å². The Balaban J connectivity index is -0.000000198. The molecule has 0 aliphatic heterocycles. The van der Waals surface area contributed by atoms with Crippen molar-refractivity contribution in [3.05, 3.63) is 12.7 Å². The minimum absolute atomic E-state index is 0. The number of carbonyl (C=O) groups is 2. The van der Waals surface area contributed by atoms with E-state index < -0.39 is 26.1 Å². The maximum atomic E-state index is 11.1. The third-order valence-electron chi connectivity index (χ3n) is 4.36. The molecule has 0 spiro atoms. The van der Waals surface area contributed by atoms with Crippen molar-refractivity contribution in [2.24, 2.45) is 11.8 Å². The average molecular weight is 607 g/mol. The number of nitrogens with one attached hydrogen (secondary N) is 1. The van der Waals surface area contributed by atoms with Crippen molar-refractivity contribution in [2.75, 3.05) is 13.1 Å². The van der Waals surface area contributed by atoms with Crippen LogP contribution in [-0.2, 0) is 39.9 Å². The summed E-state index contributed by atoms with van der Waals surface area (Å²) < 4.78 is 11.6. The average Bonchev–Trinajstić information content (AvgIpc) is 2.63. The molecule has 170 valence electrons. The molecule has 0 amide bonds. The fourth-order valence-electron chi connectivity index (χ4n) is 2.63. The van der Waals surface area contributed by atoms with Gasteiger partial charge in [-0.15, -0.1) is 0 Å². The van der Waals surface area contributed by atoms with E-state index in [-0.39, 0.29) is 41.0 Å². The summed E-state index contributed by atoms with van der Waals surface area (Å²) in [4.78, 5) is 32.7. The number of aliphatic carboxylic acids is 2. The van der Waals surface area contributed by atoms with Gasteiger partial charge in [0.15, 0.2) is 0 Å². The fourth-order valence-corrected chi connectivity index (χ4v) is 2.63. The van der Waals surface area contributed by atoms with Crippen LogP contribution in [0.5, 0.6) is 0 Å². The zero-order valence-corrected chi connectivity index (χ0v) is 19.5. The van der Waals surface area contributed by atoms with Crippen LogP contribution in [0.4, 0.5) is 0 Å². The molecule has 0 aromatic heterocycles. The number of nitrogens with zero attached hydrogens (tertiary/aromatic N) is 1. The topological polar surface area (TPSA) is 171 Å². The second-order valence-electron chi connectivity index (χ2n) is 5.99. The van der Waals surface area contributed by atoms with Gasteiger partial charge in [0, 0.05) is 12.1 Å². The third-order valence-corrected chi connectivity index (χ3v) is 4.49. The van der Waals surface area contributed by atoms with Crippen molar-refractivity contribution < 1.29 is 61.7 Å². The molecule has 0 aromatic carbocycles. The molecule has 1 saturated carbocycles.